The third-order valence-electron chi connectivity index (χ3n) is 2.76. The predicted molar refractivity (Wildman–Crippen MR) is 69.2 cm³/mol. The average molecular weight is 316 g/mol. The highest BCUT2D eigenvalue weighted by molar-refractivity contribution is 9.10. The summed E-state index contributed by atoms with van der Waals surface area (Å²) in [6, 6.07) is 2.68. The van der Waals surface area contributed by atoms with Crippen molar-refractivity contribution in [1.29, 1.82) is 0 Å². The third-order valence-corrected chi connectivity index (χ3v) is 3.18. The fourth-order valence-electron chi connectivity index (χ4n) is 1.82. The van der Waals surface area contributed by atoms with Crippen LogP contribution in [-0.2, 0) is 4.79 Å². The Bertz CT molecular complexity index is 440. The standard InChI is InChI=1S/C11H14BrN3O3/c12-8-1-2-9(18-8)14-11(17)15-10(16)7-3-5-13-6-4-7/h1-2,7,13H,3-6H2,(H2,14,15,16,17). The molecular formula is C11H14BrN3O3. The Balaban J connectivity index is 1.81. The molecule has 0 bridgehead atoms. The molecule has 1 aliphatic heterocycles. The Morgan fingerprint density at radius 3 is 2.67 bits per heavy atom. The highest BCUT2D eigenvalue weighted by Gasteiger charge is 2.22. The average Bonchev–Trinajstić information content (AvgIpc) is 2.75. The van der Waals surface area contributed by atoms with Crippen LogP contribution in [0.2, 0.25) is 0 Å². The first-order chi connectivity index (χ1) is 8.65. The summed E-state index contributed by atoms with van der Waals surface area (Å²) in [4.78, 5) is 23.3. The van der Waals surface area contributed by atoms with Gasteiger partial charge in [-0.2, -0.15) is 0 Å². The maximum atomic E-state index is 11.8. The van der Waals surface area contributed by atoms with E-state index in [4.69, 9.17) is 4.42 Å². The number of urea groups is 1. The second-order valence-corrected chi connectivity index (χ2v) is 4.85. The SMILES string of the molecule is O=C(NC(=O)C1CCNCC1)Nc1ccc(Br)o1. The number of hydrogen-bond donors (Lipinski definition) is 3. The maximum Gasteiger partial charge on any atom is 0.328 e. The van der Waals surface area contributed by atoms with E-state index in [2.05, 4.69) is 31.9 Å². The molecule has 1 aromatic heterocycles. The molecule has 18 heavy (non-hydrogen) atoms. The normalized spacial score (nSPS) is 16.3. The summed E-state index contributed by atoms with van der Waals surface area (Å²) in [5.41, 5.74) is 0. The van der Waals surface area contributed by atoms with Gasteiger partial charge in [0.05, 0.1) is 0 Å². The van der Waals surface area contributed by atoms with Crippen molar-refractivity contribution in [3.63, 3.8) is 0 Å². The zero-order valence-electron chi connectivity index (χ0n) is 9.66. The molecule has 3 amide bonds. The molecule has 0 atom stereocenters. The lowest BCUT2D eigenvalue weighted by molar-refractivity contribution is -0.124. The van der Waals surface area contributed by atoms with Gasteiger partial charge < -0.3 is 9.73 Å². The molecule has 6 nitrogen and oxygen atoms in total. The lowest BCUT2D eigenvalue weighted by Crippen LogP contribution is -2.42. The number of anilines is 1. The summed E-state index contributed by atoms with van der Waals surface area (Å²) in [6.07, 6.45) is 1.51. The molecule has 98 valence electrons. The number of furan rings is 1. The summed E-state index contributed by atoms with van der Waals surface area (Å²) < 4.78 is 5.62. The molecule has 0 spiro atoms. The number of imide groups is 1. The number of carbonyl (C=O) groups is 2. The number of carbonyl (C=O) groups excluding carboxylic acids is 2. The van der Waals surface area contributed by atoms with E-state index in [0.29, 0.717) is 4.67 Å². The van der Waals surface area contributed by atoms with Gasteiger partial charge in [0.15, 0.2) is 4.67 Å². The molecule has 0 unspecified atom stereocenters. The van der Waals surface area contributed by atoms with Crippen LogP contribution in [0.25, 0.3) is 0 Å². The van der Waals surface area contributed by atoms with Gasteiger partial charge in [-0.05, 0) is 47.9 Å². The Morgan fingerprint density at radius 2 is 2.06 bits per heavy atom. The van der Waals surface area contributed by atoms with Gasteiger partial charge in [0.1, 0.15) is 0 Å². The van der Waals surface area contributed by atoms with E-state index in [-0.39, 0.29) is 17.7 Å². The molecule has 2 rings (SSSR count). The Hall–Kier alpha value is -1.34. The fraction of sp³-hybridized carbons (Fsp3) is 0.455. The largest absolute Gasteiger partial charge is 0.434 e. The number of rotatable bonds is 2. The number of piperidine rings is 1. The van der Waals surface area contributed by atoms with Gasteiger partial charge in [-0.3, -0.25) is 15.4 Å². The van der Waals surface area contributed by atoms with E-state index < -0.39 is 6.03 Å². The highest BCUT2D eigenvalue weighted by atomic mass is 79.9. The fourth-order valence-corrected chi connectivity index (χ4v) is 2.13. The van der Waals surface area contributed by atoms with E-state index in [0.717, 1.165) is 25.9 Å². The first-order valence-electron chi connectivity index (χ1n) is 5.73. The van der Waals surface area contributed by atoms with E-state index in [1.807, 2.05) is 0 Å². The summed E-state index contributed by atoms with van der Waals surface area (Å²) >= 11 is 3.12. The highest BCUT2D eigenvalue weighted by Crippen LogP contribution is 2.18. The molecular weight excluding hydrogens is 302 g/mol. The number of halogens is 1. The van der Waals surface area contributed by atoms with Crippen molar-refractivity contribution in [2.24, 2.45) is 5.92 Å². The van der Waals surface area contributed by atoms with Crippen molar-refractivity contribution in [1.82, 2.24) is 10.6 Å². The van der Waals surface area contributed by atoms with Crippen LogP contribution in [0.15, 0.2) is 21.2 Å². The lowest BCUT2D eigenvalue weighted by Gasteiger charge is -2.21. The van der Waals surface area contributed by atoms with Crippen LogP contribution < -0.4 is 16.0 Å². The Labute approximate surface area is 113 Å². The van der Waals surface area contributed by atoms with Gasteiger partial charge in [0.25, 0.3) is 0 Å². The van der Waals surface area contributed by atoms with Crippen LogP contribution >= 0.6 is 15.9 Å². The molecule has 1 saturated heterocycles. The predicted octanol–water partition coefficient (Wildman–Crippen LogP) is 1.69. The van der Waals surface area contributed by atoms with Crippen molar-refractivity contribution in [3.8, 4) is 0 Å². The van der Waals surface area contributed by atoms with Gasteiger partial charge >= 0.3 is 6.03 Å². The number of amides is 3. The maximum absolute atomic E-state index is 11.8. The van der Waals surface area contributed by atoms with Crippen LogP contribution in [0, 0.1) is 5.92 Å². The minimum Gasteiger partial charge on any atom is -0.434 e. The minimum absolute atomic E-state index is 0.0969. The van der Waals surface area contributed by atoms with E-state index in [1.54, 1.807) is 12.1 Å². The smallest absolute Gasteiger partial charge is 0.328 e. The van der Waals surface area contributed by atoms with Crippen LogP contribution in [0.5, 0.6) is 0 Å². The van der Waals surface area contributed by atoms with Gasteiger partial charge in [-0.25, -0.2) is 4.79 Å². The van der Waals surface area contributed by atoms with Gasteiger partial charge in [-0.1, -0.05) is 0 Å². The third kappa shape index (κ3) is 3.58. The summed E-state index contributed by atoms with van der Waals surface area (Å²) in [5.74, 6) is -0.0440. The summed E-state index contributed by atoms with van der Waals surface area (Å²) in [6.45, 7) is 1.62. The molecule has 0 aliphatic carbocycles. The topological polar surface area (TPSA) is 83.4 Å². The zero-order chi connectivity index (χ0) is 13.0. The molecule has 1 fully saturated rings. The van der Waals surface area contributed by atoms with Crippen LogP contribution in [0.1, 0.15) is 12.8 Å². The first kappa shape index (κ1) is 13.1. The molecule has 7 heteroatoms. The molecule has 1 aromatic rings. The molecule has 3 N–H and O–H groups in total. The Kier molecular flexibility index (Phi) is 4.38. The second-order valence-electron chi connectivity index (χ2n) is 4.07. The lowest BCUT2D eigenvalue weighted by atomic mass is 9.97. The first-order valence-corrected chi connectivity index (χ1v) is 6.52. The molecule has 0 aromatic carbocycles. The minimum atomic E-state index is -0.569. The van der Waals surface area contributed by atoms with Crippen LogP contribution in [0.3, 0.4) is 0 Å². The van der Waals surface area contributed by atoms with Crippen molar-refractivity contribution < 1.29 is 14.0 Å². The summed E-state index contributed by atoms with van der Waals surface area (Å²) in [7, 11) is 0. The van der Waals surface area contributed by atoms with Crippen molar-refractivity contribution in [2.75, 3.05) is 18.4 Å². The molecule has 0 radical (unpaired) electrons. The zero-order valence-corrected chi connectivity index (χ0v) is 11.2. The monoisotopic (exact) mass is 315 g/mol. The van der Waals surface area contributed by atoms with Crippen LogP contribution in [0.4, 0.5) is 10.7 Å². The van der Waals surface area contributed by atoms with E-state index in [9.17, 15) is 9.59 Å². The van der Waals surface area contributed by atoms with E-state index >= 15 is 0 Å². The van der Waals surface area contributed by atoms with Gasteiger partial charge in [-0.15, -0.1) is 0 Å². The Morgan fingerprint density at radius 1 is 1.33 bits per heavy atom. The number of hydrogen-bond acceptors (Lipinski definition) is 4. The van der Waals surface area contributed by atoms with Crippen molar-refractivity contribution in [2.45, 2.75) is 12.8 Å². The van der Waals surface area contributed by atoms with Crippen molar-refractivity contribution in [3.05, 3.63) is 16.8 Å². The van der Waals surface area contributed by atoms with E-state index in [1.165, 1.54) is 0 Å². The second kappa shape index (κ2) is 6.01. The van der Waals surface area contributed by atoms with Crippen LogP contribution in [-0.4, -0.2) is 25.0 Å². The quantitative estimate of drug-likeness (QED) is 0.775. The summed E-state index contributed by atoms with van der Waals surface area (Å²) in [5, 5.41) is 7.93. The molecule has 0 saturated carbocycles. The number of nitrogens with one attached hydrogen (secondary N) is 3. The molecule has 2 heterocycles. The van der Waals surface area contributed by atoms with Gasteiger partial charge in [0.2, 0.25) is 11.8 Å². The van der Waals surface area contributed by atoms with Crippen molar-refractivity contribution >= 4 is 33.8 Å². The molecule has 1 aliphatic rings. The van der Waals surface area contributed by atoms with Gasteiger partial charge in [0, 0.05) is 12.0 Å².